The molecule has 39 heavy (non-hydrogen) atoms. The van der Waals surface area contributed by atoms with E-state index in [1.807, 2.05) is 18.2 Å². The summed E-state index contributed by atoms with van der Waals surface area (Å²) in [4.78, 5) is 26.5. The maximum Gasteiger partial charge on any atom is 0.251 e. The fourth-order valence-corrected chi connectivity index (χ4v) is 7.18. The number of carbonyl (C=O) groups excluding carboxylic acids is 2. The smallest absolute Gasteiger partial charge is 0.251 e. The molecule has 210 valence electrons. The highest BCUT2D eigenvalue weighted by Gasteiger charge is 2.46. The van der Waals surface area contributed by atoms with Crippen molar-refractivity contribution >= 4 is 40.7 Å². The fraction of sp³-hybridized carbons (Fsp3) is 0.548. The lowest BCUT2D eigenvalue weighted by atomic mass is 9.82. The molecule has 1 aliphatic heterocycles. The predicted molar refractivity (Wildman–Crippen MR) is 158 cm³/mol. The van der Waals surface area contributed by atoms with Crippen molar-refractivity contribution in [3.63, 3.8) is 0 Å². The zero-order chi connectivity index (χ0) is 27.2. The molecule has 5 rings (SSSR count). The van der Waals surface area contributed by atoms with Gasteiger partial charge in [-0.3, -0.25) is 9.59 Å². The van der Waals surface area contributed by atoms with Crippen LogP contribution in [0.2, 0.25) is 10.0 Å². The van der Waals surface area contributed by atoms with Gasteiger partial charge in [-0.05, 0) is 62.1 Å². The van der Waals surface area contributed by atoms with Gasteiger partial charge < -0.3 is 15.6 Å². The molecule has 3 unspecified atom stereocenters. The summed E-state index contributed by atoms with van der Waals surface area (Å²) in [5.41, 5.74) is 5.15. The van der Waals surface area contributed by atoms with Crippen molar-refractivity contribution in [2.45, 2.75) is 101 Å². The Balaban J connectivity index is 1.29. The summed E-state index contributed by atoms with van der Waals surface area (Å²) in [6.07, 6.45) is 14.1. The van der Waals surface area contributed by atoms with Crippen LogP contribution in [0.1, 0.15) is 93.8 Å². The van der Waals surface area contributed by atoms with Crippen LogP contribution in [0.5, 0.6) is 0 Å². The highest BCUT2D eigenvalue weighted by Crippen LogP contribution is 2.41. The maximum absolute atomic E-state index is 13.6. The molecule has 2 amide bonds. The third-order valence-electron chi connectivity index (χ3n) is 8.77. The third kappa shape index (κ3) is 6.90. The summed E-state index contributed by atoms with van der Waals surface area (Å²) < 4.78 is 0. The number of nitrogens with zero attached hydrogens (tertiary/aromatic N) is 1. The summed E-state index contributed by atoms with van der Waals surface area (Å²) >= 11 is 12.5. The van der Waals surface area contributed by atoms with Gasteiger partial charge in [0.2, 0.25) is 5.91 Å². The van der Waals surface area contributed by atoms with Crippen LogP contribution < -0.4 is 21.1 Å². The molecular formula is C31H40Cl2N4O2. The number of carbonyl (C=O) groups is 2. The minimum atomic E-state index is -0.254. The highest BCUT2D eigenvalue weighted by molar-refractivity contribution is 6.31. The van der Waals surface area contributed by atoms with Crippen LogP contribution in [-0.4, -0.2) is 29.6 Å². The molecule has 1 saturated heterocycles. The molecule has 2 aromatic carbocycles. The summed E-state index contributed by atoms with van der Waals surface area (Å²) in [7, 11) is 0. The maximum atomic E-state index is 13.6. The minimum Gasteiger partial charge on any atom is -0.349 e. The molecule has 0 bridgehead atoms. The Morgan fingerprint density at radius 1 is 0.821 bits per heavy atom. The van der Waals surface area contributed by atoms with Crippen LogP contribution in [0.4, 0.5) is 5.69 Å². The molecule has 2 aliphatic carbocycles. The quantitative estimate of drug-likeness (QED) is 0.361. The van der Waals surface area contributed by atoms with Gasteiger partial charge in [-0.25, -0.2) is 5.43 Å². The number of nitrogens with one attached hydrogen (secondary N) is 3. The second-order valence-corrected chi connectivity index (χ2v) is 12.4. The first-order chi connectivity index (χ1) is 18.9. The summed E-state index contributed by atoms with van der Waals surface area (Å²) in [5.74, 6) is -0.437. The molecule has 8 heteroatoms. The second-order valence-electron chi connectivity index (χ2n) is 11.5. The van der Waals surface area contributed by atoms with Crippen LogP contribution in [0.3, 0.4) is 0 Å². The van der Waals surface area contributed by atoms with Crippen molar-refractivity contribution in [1.29, 1.82) is 0 Å². The van der Waals surface area contributed by atoms with Gasteiger partial charge in [0.25, 0.3) is 5.91 Å². The highest BCUT2D eigenvalue weighted by atomic mass is 35.5. The molecular weight excluding hydrogens is 531 g/mol. The van der Waals surface area contributed by atoms with Gasteiger partial charge in [-0.15, -0.1) is 0 Å². The van der Waals surface area contributed by atoms with E-state index in [1.54, 1.807) is 24.3 Å². The SMILES string of the molecule is O=C(NC1CCCC1C(=O)NC1CC2(CCCCCCCCC2)N(c2cccc(Cl)c2)N1)c1cccc(Cl)c1. The van der Waals surface area contributed by atoms with E-state index in [2.05, 4.69) is 27.1 Å². The Morgan fingerprint density at radius 3 is 2.18 bits per heavy atom. The fourth-order valence-electron chi connectivity index (χ4n) is 6.81. The van der Waals surface area contributed by atoms with Crippen molar-refractivity contribution in [1.82, 2.24) is 16.1 Å². The Labute approximate surface area is 242 Å². The van der Waals surface area contributed by atoms with Gasteiger partial charge in [0.15, 0.2) is 0 Å². The van der Waals surface area contributed by atoms with Crippen molar-refractivity contribution in [3.05, 3.63) is 64.1 Å². The molecule has 0 radical (unpaired) electrons. The Bertz CT molecular complexity index is 1150. The molecule has 0 aromatic heterocycles. The normalized spacial score (nSPS) is 25.4. The molecule has 3 fully saturated rings. The van der Waals surface area contributed by atoms with Crippen LogP contribution in [0.15, 0.2) is 48.5 Å². The van der Waals surface area contributed by atoms with E-state index in [1.165, 1.54) is 44.9 Å². The standard InChI is InChI=1S/C31H40Cl2N4O2/c32-23-12-8-11-22(19-23)29(38)34-27-16-10-15-26(27)30(39)35-28-21-31(17-6-4-2-1-3-5-7-18-31)37(36-28)25-14-9-13-24(33)20-25/h8-9,11-14,19-20,26-28,36H,1-7,10,15-18,21H2,(H,34,38)(H,35,39). The number of halogens is 2. The molecule has 6 nitrogen and oxygen atoms in total. The predicted octanol–water partition coefficient (Wildman–Crippen LogP) is 7.01. The Hall–Kier alpha value is -2.28. The van der Waals surface area contributed by atoms with E-state index in [-0.39, 0.29) is 35.5 Å². The molecule has 3 aliphatic rings. The van der Waals surface area contributed by atoms with Gasteiger partial charge in [-0.2, -0.15) is 0 Å². The number of anilines is 1. The van der Waals surface area contributed by atoms with E-state index in [4.69, 9.17) is 23.2 Å². The molecule has 1 heterocycles. The van der Waals surface area contributed by atoms with Gasteiger partial charge in [0.05, 0.1) is 23.3 Å². The lowest BCUT2D eigenvalue weighted by Crippen LogP contribution is -2.52. The largest absolute Gasteiger partial charge is 0.349 e. The van der Waals surface area contributed by atoms with E-state index in [9.17, 15) is 9.59 Å². The number of amides is 2. The molecule has 1 spiro atoms. The number of hydrogen-bond donors (Lipinski definition) is 3. The lowest BCUT2D eigenvalue weighted by molar-refractivity contribution is -0.126. The van der Waals surface area contributed by atoms with Crippen molar-refractivity contribution < 1.29 is 9.59 Å². The van der Waals surface area contributed by atoms with Crippen LogP contribution in [0, 0.1) is 5.92 Å². The van der Waals surface area contributed by atoms with E-state index in [0.29, 0.717) is 15.6 Å². The van der Waals surface area contributed by atoms with Gasteiger partial charge in [0, 0.05) is 28.1 Å². The van der Waals surface area contributed by atoms with Crippen molar-refractivity contribution in [2.75, 3.05) is 5.01 Å². The van der Waals surface area contributed by atoms with E-state index < -0.39 is 0 Å². The summed E-state index contributed by atoms with van der Waals surface area (Å²) in [6.45, 7) is 0. The van der Waals surface area contributed by atoms with E-state index >= 15 is 0 Å². The zero-order valence-corrected chi connectivity index (χ0v) is 24.1. The Morgan fingerprint density at radius 2 is 1.49 bits per heavy atom. The summed E-state index contributed by atoms with van der Waals surface area (Å²) in [6, 6.07) is 14.7. The van der Waals surface area contributed by atoms with Crippen molar-refractivity contribution in [2.24, 2.45) is 5.92 Å². The van der Waals surface area contributed by atoms with Crippen molar-refractivity contribution in [3.8, 4) is 0 Å². The minimum absolute atomic E-state index is 0.00403. The van der Waals surface area contributed by atoms with Gasteiger partial charge in [-0.1, -0.05) is 86.7 Å². The summed E-state index contributed by atoms with van der Waals surface area (Å²) in [5, 5.41) is 9.96. The topological polar surface area (TPSA) is 73.5 Å². The second kappa shape index (κ2) is 12.9. The number of rotatable bonds is 5. The number of hydrogen-bond acceptors (Lipinski definition) is 4. The first-order valence-corrected chi connectivity index (χ1v) is 15.4. The van der Waals surface area contributed by atoms with Crippen LogP contribution in [-0.2, 0) is 4.79 Å². The average Bonchev–Trinajstić information content (AvgIpc) is 3.53. The van der Waals surface area contributed by atoms with Crippen LogP contribution >= 0.6 is 23.2 Å². The zero-order valence-electron chi connectivity index (χ0n) is 22.6. The van der Waals surface area contributed by atoms with Gasteiger partial charge in [0.1, 0.15) is 0 Å². The molecule has 3 atom stereocenters. The number of benzene rings is 2. The first kappa shape index (κ1) is 28.3. The number of hydrazine groups is 1. The average molecular weight is 572 g/mol. The molecule has 2 aromatic rings. The van der Waals surface area contributed by atoms with Crippen LogP contribution in [0.25, 0.3) is 0 Å². The lowest BCUT2D eigenvalue weighted by Gasteiger charge is -2.40. The van der Waals surface area contributed by atoms with E-state index in [0.717, 1.165) is 44.2 Å². The molecule has 2 saturated carbocycles. The molecule has 3 N–H and O–H groups in total. The Kier molecular flexibility index (Phi) is 9.36. The monoisotopic (exact) mass is 570 g/mol. The van der Waals surface area contributed by atoms with Gasteiger partial charge >= 0.3 is 0 Å². The third-order valence-corrected chi connectivity index (χ3v) is 9.24. The first-order valence-electron chi connectivity index (χ1n) is 14.6.